The number of hydrogen-bond acceptors (Lipinski definition) is 4. The summed E-state index contributed by atoms with van der Waals surface area (Å²) in [6.07, 6.45) is -0.947. The number of amides is 1. The third kappa shape index (κ3) is 5.72. The largest absolute Gasteiger partial charge is 0.479 e. The second kappa shape index (κ2) is 8.43. The van der Waals surface area contributed by atoms with Crippen LogP contribution in [0.5, 0.6) is 5.75 Å². The third-order valence-electron chi connectivity index (χ3n) is 3.01. The molecular weight excluding hydrogens is 356 g/mol. The highest BCUT2D eigenvalue weighted by Crippen LogP contribution is 2.17. The first-order valence-electron chi connectivity index (χ1n) is 7.19. The van der Waals surface area contributed by atoms with Crippen LogP contribution in [0.4, 0.5) is 14.5 Å². The van der Waals surface area contributed by atoms with Crippen molar-refractivity contribution in [2.75, 3.05) is 11.9 Å². The van der Waals surface area contributed by atoms with E-state index in [1.807, 2.05) is 0 Å². The van der Waals surface area contributed by atoms with Gasteiger partial charge in [0, 0.05) is 16.8 Å². The molecule has 0 bridgehead atoms. The van der Waals surface area contributed by atoms with Gasteiger partial charge in [0.25, 0.3) is 5.91 Å². The molecule has 132 valence electrons. The van der Waals surface area contributed by atoms with Crippen LogP contribution in [0.15, 0.2) is 42.5 Å². The molecule has 2 aromatic rings. The van der Waals surface area contributed by atoms with E-state index in [1.165, 1.54) is 13.0 Å². The monoisotopic (exact) mass is 369 g/mol. The van der Waals surface area contributed by atoms with Gasteiger partial charge in [0.1, 0.15) is 5.75 Å². The molecule has 0 radical (unpaired) electrons. The minimum Gasteiger partial charge on any atom is -0.479 e. The SMILES string of the molecule is C[C@H](Oc1ccc(Cl)cc1)C(=O)OCC(=O)Nc1ccc(F)c(F)c1. The Kier molecular flexibility index (Phi) is 6.30. The van der Waals surface area contributed by atoms with Gasteiger partial charge in [0.2, 0.25) is 0 Å². The van der Waals surface area contributed by atoms with Crippen LogP contribution in [-0.2, 0) is 14.3 Å². The summed E-state index contributed by atoms with van der Waals surface area (Å²) in [6.45, 7) is 0.871. The Labute approximate surface area is 147 Å². The molecule has 1 atom stereocenters. The Morgan fingerprint density at radius 2 is 1.80 bits per heavy atom. The number of ether oxygens (including phenoxy) is 2. The van der Waals surface area contributed by atoms with Gasteiger partial charge in [-0.1, -0.05) is 11.6 Å². The van der Waals surface area contributed by atoms with Crippen molar-refractivity contribution in [3.63, 3.8) is 0 Å². The highest BCUT2D eigenvalue weighted by atomic mass is 35.5. The van der Waals surface area contributed by atoms with Crippen molar-refractivity contribution < 1.29 is 27.8 Å². The Hall–Kier alpha value is -2.67. The van der Waals surface area contributed by atoms with Gasteiger partial charge in [0.05, 0.1) is 0 Å². The van der Waals surface area contributed by atoms with Crippen molar-refractivity contribution in [1.29, 1.82) is 0 Å². The van der Waals surface area contributed by atoms with Gasteiger partial charge in [-0.15, -0.1) is 0 Å². The summed E-state index contributed by atoms with van der Waals surface area (Å²) >= 11 is 5.74. The van der Waals surface area contributed by atoms with Crippen LogP contribution in [0.3, 0.4) is 0 Å². The van der Waals surface area contributed by atoms with Gasteiger partial charge >= 0.3 is 5.97 Å². The number of halogens is 3. The molecule has 0 heterocycles. The molecule has 0 saturated carbocycles. The van der Waals surface area contributed by atoms with E-state index < -0.39 is 36.2 Å². The Bertz CT molecular complexity index is 768. The number of benzene rings is 2. The van der Waals surface area contributed by atoms with Crippen LogP contribution < -0.4 is 10.1 Å². The van der Waals surface area contributed by atoms with E-state index in [2.05, 4.69) is 5.32 Å². The van der Waals surface area contributed by atoms with Crippen LogP contribution >= 0.6 is 11.6 Å². The van der Waals surface area contributed by atoms with Crippen molar-refractivity contribution >= 4 is 29.2 Å². The van der Waals surface area contributed by atoms with Crippen LogP contribution in [0.2, 0.25) is 5.02 Å². The number of hydrogen-bond donors (Lipinski definition) is 1. The summed E-state index contributed by atoms with van der Waals surface area (Å²) in [5.74, 6) is -3.16. The van der Waals surface area contributed by atoms with E-state index in [1.54, 1.807) is 24.3 Å². The standard InChI is InChI=1S/C17H14ClF2NO4/c1-10(25-13-5-2-11(18)3-6-13)17(23)24-9-16(22)21-12-4-7-14(19)15(20)8-12/h2-8,10H,9H2,1H3,(H,21,22)/t10-/m0/s1. The molecule has 5 nitrogen and oxygen atoms in total. The van der Waals surface area contributed by atoms with E-state index >= 15 is 0 Å². The van der Waals surface area contributed by atoms with Crippen molar-refractivity contribution in [2.45, 2.75) is 13.0 Å². The molecule has 0 unspecified atom stereocenters. The number of nitrogens with one attached hydrogen (secondary N) is 1. The maximum absolute atomic E-state index is 13.0. The molecule has 0 aliphatic heterocycles. The molecule has 0 spiro atoms. The lowest BCUT2D eigenvalue weighted by atomic mass is 10.3. The highest BCUT2D eigenvalue weighted by Gasteiger charge is 2.18. The molecule has 0 aromatic heterocycles. The van der Waals surface area contributed by atoms with E-state index in [4.69, 9.17) is 21.1 Å². The van der Waals surface area contributed by atoms with E-state index in [9.17, 15) is 18.4 Å². The maximum Gasteiger partial charge on any atom is 0.347 e. The van der Waals surface area contributed by atoms with Crippen molar-refractivity contribution in [3.05, 3.63) is 59.1 Å². The zero-order chi connectivity index (χ0) is 18.4. The van der Waals surface area contributed by atoms with Crippen LogP contribution in [0.1, 0.15) is 6.92 Å². The zero-order valence-electron chi connectivity index (χ0n) is 13.1. The normalized spacial score (nSPS) is 11.5. The second-order valence-corrected chi connectivity index (χ2v) is 5.44. The summed E-state index contributed by atoms with van der Waals surface area (Å²) in [5, 5.41) is 2.81. The molecule has 0 fully saturated rings. The first-order valence-corrected chi connectivity index (χ1v) is 7.56. The topological polar surface area (TPSA) is 64.6 Å². The molecule has 0 aliphatic rings. The van der Waals surface area contributed by atoms with Crippen molar-refractivity contribution in [1.82, 2.24) is 0 Å². The highest BCUT2D eigenvalue weighted by molar-refractivity contribution is 6.30. The number of rotatable bonds is 6. The van der Waals surface area contributed by atoms with Crippen LogP contribution in [-0.4, -0.2) is 24.6 Å². The summed E-state index contributed by atoms with van der Waals surface area (Å²) in [4.78, 5) is 23.5. The molecule has 2 rings (SSSR count). The average Bonchev–Trinajstić information content (AvgIpc) is 2.58. The van der Waals surface area contributed by atoms with Gasteiger partial charge in [-0.2, -0.15) is 0 Å². The second-order valence-electron chi connectivity index (χ2n) is 5.00. The van der Waals surface area contributed by atoms with Gasteiger partial charge in [-0.05, 0) is 43.3 Å². The molecular formula is C17H14ClF2NO4. The first kappa shape index (κ1) is 18.7. The molecule has 2 aromatic carbocycles. The molecule has 8 heteroatoms. The lowest BCUT2D eigenvalue weighted by Crippen LogP contribution is -2.29. The smallest absolute Gasteiger partial charge is 0.347 e. The number of carbonyl (C=O) groups excluding carboxylic acids is 2. The van der Waals surface area contributed by atoms with Gasteiger partial charge in [0.15, 0.2) is 24.3 Å². The number of esters is 1. The summed E-state index contributed by atoms with van der Waals surface area (Å²) in [5.41, 5.74) is 0.0467. The van der Waals surface area contributed by atoms with Gasteiger partial charge in [-0.25, -0.2) is 13.6 Å². The zero-order valence-corrected chi connectivity index (χ0v) is 13.8. The fraction of sp³-hybridized carbons (Fsp3) is 0.176. The summed E-state index contributed by atoms with van der Waals surface area (Å²) in [7, 11) is 0. The van der Waals surface area contributed by atoms with E-state index in [-0.39, 0.29) is 5.69 Å². The van der Waals surface area contributed by atoms with Crippen molar-refractivity contribution in [2.24, 2.45) is 0 Å². The molecule has 1 N–H and O–H groups in total. The minimum atomic E-state index is -1.10. The predicted octanol–water partition coefficient (Wildman–Crippen LogP) is 3.57. The molecule has 0 saturated heterocycles. The summed E-state index contributed by atoms with van der Waals surface area (Å²) in [6, 6.07) is 9.25. The van der Waals surface area contributed by atoms with Crippen LogP contribution in [0.25, 0.3) is 0 Å². The quantitative estimate of drug-likeness (QED) is 0.791. The van der Waals surface area contributed by atoms with Gasteiger partial charge in [-0.3, -0.25) is 4.79 Å². The van der Waals surface area contributed by atoms with E-state index in [0.717, 1.165) is 12.1 Å². The fourth-order valence-electron chi connectivity index (χ4n) is 1.79. The molecule has 1 amide bonds. The third-order valence-corrected chi connectivity index (χ3v) is 3.26. The Morgan fingerprint density at radius 1 is 1.12 bits per heavy atom. The van der Waals surface area contributed by atoms with E-state index in [0.29, 0.717) is 10.8 Å². The Morgan fingerprint density at radius 3 is 2.44 bits per heavy atom. The number of anilines is 1. The molecule has 25 heavy (non-hydrogen) atoms. The first-order chi connectivity index (χ1) is 11.8. The molecule has 0 aliphatic carbocycles. The van der Waals surface area contributed by atoms with Crippen molar-refractivity contribution in [3.8, 4) is 5.75 Å². The minimum absolute atomic E-state index is 0.0467. The maximum atomic E-state index is 13.0. The predicted molar refractivity (Wildman–Crippen MR) is 87.5 cm³/mol. The number of carbonyl (C=O) groups is 2. The van der Waals surface area contributed by atoms with Crippen LogP contribution in [0, 0.1) is 11.6 Å². The average molecular weight is 370 g/mol. The lowest BCUT2D eigenvalue weighted by Gasteiger charge is -2.14. The Balaban J connectivity index is 1.80. The summed E-state index contributed by atoms with van der Waals surface area (Å²) < 4.78 is 36.0. The fourth-order valence-corrected chi connectivity index (χ4v) is 1.92. The van der Waals surface area contributed by atoms with Gasteiger partial charge < -0.3 is 14.8 Å². The lowest BCUT2D eigenvalue weighted by molar-refractivity contribution is -0.153.